The highest BCUT2D eigenvalue weighted by Crippen LogP contribution is 2.22. The van der Waals surface area contributed by atoms with E-state index in [1.165, 1.54) is 12.5 Å². The molecule has 0 saturated carbocycles. The molecule has 1 N–H and O–H groups in total. The summed E-state index contributed by atoms with van der Waals surface area (Å²) in [7, 11) is 0. The molecule has 0 radical (unpaired) electrons. The van der Waals surface area contributed by atoms with E-state index >= 15 is 0 Å². The van der Waals surface area contributed by atoms with E-state index in [0.717, 1.165) is 18.5 Å². The largest absolute Gasteiger partial charge is 0.310 e. The van der Waals surface area contributed by atoms with Crippen LogP contribution in [0.15, 0.2) is 24.3 Å². The van der Waals surface area contributed by atoms with Gasteiger partial charge in [0, 0.05) is 6.04 Å². The van der Waals surface area contributed by atoms with Gasteiger partial charge in [0.2, 0.25) is 0 Å². The Morgan fingerprint density at radius 3 is 3.00 bits per heavy atom. The lowest BCUT2D eigenvalue weighted by molar-refractivity contribution is 0.606. The third-order valence-corrected chi connectivity index (χ3v) is 2.31. The zero-order chi connectivity index (χ0) is 8.39. The van der Waals surface area contributed by atoms with Crippen molar-refractivity contribution in [3.8, 4) is 0 Å². The lowest BCUT2D eigenvalue weighted by atomic mass is 10.1. The second-order valence-electron chi connectivity index (χ2n) is 3.20. The Balaban J connectivity index is 2.21. The SMILES string of the molecule is Fc1cccc(C2CCCN2)c1. The molecule has 1 aromatic carbocycles. The molecule has 2 heteroatoms. The number of rotatable bonds is 1. The van der Waals surface area contributed by atoms with Crippen molar-refractivity contribution in [2.75, 3.05) is 6.54 Å². The number of benzene rings is 1. The van der Waals surface area contributed by atoms with Crippen molar-refractivity contribution in [2.45, 2.75) is 18.9 Å². The van der Waals surface area contributed by atoms with E-state index in [1.807, 2.05) is 6.07 Å². The molecule has 0 amide bonds. The van der Waals surface area contributed by atoms with Crippen LogP contribution in [0.4, 0.5) is 4.39 Å². The molecule has 1 nitrogen and oxygen atoms in total. The van der Waals surface area contributed by atoms with E-state index in [9.17, 15) is 4.39 Å². The monoisotopic (exact) mass is 165 g/mol. The van der Waals surface area contributed by atoms with Gasteiger partial charge in [0.15, 0.2) is 0 Å². The molecule has 1 aromatic rings. The van der Waals surface area contributed by atoms with Gasteiger partial charge < -0.3 is 5.32 Å². The summed E-state index contributed by atoms with van der Waals surface area (Å²) in [6.45, 7) is 1.06. The maximum atomic E-state index is 12.8. The van der Waals surface area contributed by atoms with Crippen LogP contribution >= 0.6 is 0 Å². The molecule has 0 aliphatic carbocycles. The summed E-state index contributed by atoms with van der Waals surface area (Å²) >= 11 is 0. The van der Waals surface area contributed by atoms with Gasteiger partial charge in [-0.15, -0.1) is 0 Å². The summed E-state index contributed by atoms with van der Waals surface area (Å²) in [5.41, 5.74) is 1.08. The molecule has 0 spiro atoms. The van der Waals surface area contributed by atoms with E-state index in [0.29, 0.717) is 6.04 Å². The lowest BCUT2D eigenvalue weighted by Gasteiger charge is -2.09. The maximum absolute atomic E-state index is 12.8. The third kappa shape index (κ3) is 1.48. The molecule has 1 saturated heterocycles. The third-order valence-electron chi connectivity index (χ3n) is 2.31. The van der Waals surface area contributed by atoms with Gasteiger partial charge in [0.25, 0.3) is 0 Å². The van der Waals surface area contributed by atoms with Crippen LogP contribution in [0.25, 0.3) is 0 Å². The quantitative estimate of drug-likeness (QED) is 0.673. The number of hydrogen-bond acceptors (Lipinski definition) is 1. The van der Waals surface area contributed by atoms with Crippen LogP contribution in [0.2, 0.25) is 0 Å². The number of hydrogen-bond donors (Lipinski definition) is 1. The zero-order valence-corrected chi connectivity index (χ0v) is 6.89. The molecular formula is C10H12FN. The predicted molar refractivity (Wildman–Crippen MR) is 46.4 cm³/mol. The van der Waals surface area contributed by atoms with Crippen LogP contribution in [-0.4, -0.2) is 6.54 Å². The van der Waals surface area contributed by atoms with Gasteiger partial charge in [-0.25, -0.2) is 4.39 Å². The van der Waals surface area contributed by atoms with Gasteiger partial charge in [0.05, 0.1) is 0 Å². The Labute approximate surface area is 71.6 Å². The van der Waals surface area contributed by atoms with Crippen molar-refractivity contribution in [3.63, 3.8) is 0 Å². The molecule has 0 bridgehead atoms. The smallest absolute Gasteiger partial charge is 0.123 e. The minimum absolute atomic E-state index is 0.138. The molecule has 1 heterocycles. The van der Waals surface area contributed by atoms with Crippen LogP contribution < -0.4 is 5.32 Å². The summed E-state index contributed by atoms with van der Waals surface area (Å²) < 4.78 is 12.8. The fraction of sp³-hybridized carbons (Fsp3) is 0.400. The first kappa shape index (κ1) is 7.74. The van der Waals surface area contributed by atoms with Crippen molar-refractivity contribution in [2.24, 2.45) is 0 Å². The van der Waals surface area contributed by atoms with E-state index in [4.69, 9.17) is 0 Å². The standard InChI is InChI=1S/C10H12FN/c11-9-4-1-3-8(7-9)10-5-2-6-12-10/h1,3-4,7,10,12H,2,5-6H2. The molecular weight excluding hydrogens is 153 g/mol. The zero-order valence-electron chi connectivity index (χ0n) is 6.89. The molecule has 1 unspecified atom stereocenters. The summed E-state index contributed by atoms with van der Waals surface area (Å²) in [5, 5.41) is 3.33. The second-order valence-corrected chi connectivity index (χ2v) is 3.20. The number of halogens is 1. The average Bonchev–Trinajstić information content (AvgIpc) is 2.56. The molecule has 64 valence electrons. The topological polar surface area (TPSA) is 12.0 Å². The predicted octanol–water partition coefficient (Wildman–Crippen LogP) is 2.25. The molecule has 0 aromatic heterocycles. The molecule has 2 rings (SSSR count). The van der Waals surface area contributed by atoms with Crippen LogP contribution in [-0.2, 0) is 0 Å². The maximum Gasteiger partial charge on any atom is 0.123 e. The first-order valence-electron chi connectivity index (χ1n) is 4.35. The summed E-state index contributed by atoms with van der Waals surface area (Å²) in [6.07, 6.45) is 2.32. The first-order chi connectivity index (χ1) is 5.86. The first-order valence-corrected chi connectivity index (χ1v) is 4.35. The van der Waals surface area contributed by atoms with Crippen LogP contribution in [0, 0.1) is 5.82 Å². The highest BCUT2D eigenvalue weighted by molar-refractivity contribution is 5.20. The summed E-state index contributed by atoms with van der Waals surface area (Å²) in [5.74, 6) is -0.138. The Bertz CT molecular complexity index is 266. The fourth-order valence-electron chi connectivity index (χ4n) is 1.69. The van der Waals surface area contributed by atoms with Crippen LogP contribution in [0.5, 0.6) is 0 Å². The van der Waals surface area contributed by atoms with E-state index in [2.05, 4.69) is 5.32 Å². The molecule has 12 heavy (non-hydrogen) atoms. The van der Waals surface area contributed by atoms with Gasteiger partial charge in [-0.1, -0.05) is 12.1 Å². The highest BCUT2D eigenvalue weighted by atomic mass is 19.1. The molecule has 1 aliphatic heterocycles. The van der Waals surface area contributed by atoms with Gasteiger partial charge in [-0.2, -0.15) is 0 Å². The van der Waals surface area contributed by atoms with Crippen molar-refractivity contribution in [3.05, 3.63) is 35.6 Å². The minimum Gasteiger partial charge on any atom is -0.310 e. The van der Waals surface area contributed by atoms with Crippen molar-refractivity contribution < 1.29 is 4.39 Å². The highest BCUT2D eigenvalue weighted by Gasteiger charge is 2.15. The second kappa shape index (κ2) is 3.23. The van der Waals surface area contributed by atoms with Gasteiger partial charge >= 0.3 is 0 Å². The Morgan fingerprint density at radius 1 is 1.42 bits per heavy atom. The van der Waals surface area contributed by atoms with Crippen molar-refractivity contribution >= 4 is 0 Å². The number of nitrogens with one attached hydrogen (secondary N) is 1. The van der Waals surface area contributed by atoms with E-state index in [-0.39, 0.29) is 5.82 Å². The van der Waals surface area contributed by atoms with E-state index < -0.39 is 0 Å². The normalized spacial score (nSPS) is 22.9. The minimum atomic E-state index is -0.138. The van der Waals surface area contributed by atoms with Gasteiger partial charge in [-0.05, 0) is 37.1 Å². The summed E-state index contributed by atoms with van der Waals surface area (Å²) in [6, 6.07) is 7.22. The van der Waals surface area contributed by atoms with E-state index in [1.54, 1.807) is 12.1 Å². The van der Waals surface area contributed by atoms with Crippen molar-refractivity contribution in [1.82, 2.24) is 5.32 Å². The van der Waals surface area contributed by atoms with Crippen LogP contribution in [0.1, 0.15) is 24.4 Å². The van der Waals surface area contributed by atoms with Crippen molar-refractivity contribution in [1.29, 1.82) is 0 Å². The van der Waals surface area contributed by atoms with Gasteiger partial charge in [-0.3, -0.25) is 0 Å². The average molecular weight is 165 g/mol. The molecule has 1 atom stereocenters. The Kier molecular flexibility index (Phi) is 2.09. The molecule has 1 aliphatic rings. The lowest BCUT2D eigenvalue weighted by Crippen LogP contribution is -2.12. The fourth-order valence-corrected chi connectivity index (χ4v) is 1.69. The Hall–Kier alpha value is -0.890. The van der Waals surface area contributed by atoms with Gasteiger partial charge in [0.1, 0.15) is 5.82 Å². The summed E-state index contributed by atoms with van der Waals surface area (Å²) in [4.78, 5) is 0. The molecule has 1 fully saturated rings. The van der Waals surface area contributed by atoms with Crippen LogP contribution in [0.3, 0.4) is 0 Å². The Morgan fingerprint density at radius 2 is 2.33 bits per heavy atom.